The van der Waals surface area contributed by atoms with E-state index in [9.17, 15) is 28.1 Å². The number of carbonyl (C=O) groups excluding carboxylic acids is 2. The summed E-state index contributed by atoms with van der Waals surface area (Å²) in [7, 11) is -3.35. The van der Waals surface area contributed by atoms with Crippen LogP contribution in [0.1, 0.15) is 30.5 Å². The van der Waals surface area contributed by atoms with E-state index in [0.717, 1.165) is 15.9 Å². The second-order valence-electron chi connectivity index (χ2n) is 12.0. The normalized spacial score (nSPS) is 11.9. The molecule has 2 amide bonds. The van der Waals surface area contributed by atoms with Crippen molar-refractivity contribution in [2.45, 2.75) is 44.7 Å². The van der Waals surface area contributed by atoms with Gasteiger partial charge in [0.25, 0.3) is 15.7 Å². The summed E-state index contributed by atoms with van der Waals surface area (Å²) in [4.78, 5) is 40.6. The van der Waals surface area contributed by atoms with Gasteiger partial charge in [0.2, 0.25) is 11.8 Å². The Kier molecular flexibility index (Phi) is 12.9. The molecule has 0 bridgehead atoms. The first kappa shape index (κ1) is 38.2. The van der Waals surface area contributed by atoms with E-state index < -0.39 is 49.9 Å². The Hall–Kier alpha value is -4.65. The molecule has 0 unspecified atom stereocenters. The van der Waals surface area contributed by atoms with Crippen molar-refractivity contribution in [2.75, 3.05) is 24.5 Å². The van der Waals surface area contributed by atoms with Crippen LogP contribution in [0.15, 0.2) is 95.9 Å². The number of aryl methyl sites for hydroxylation is 1. The van der Waals surface area contributed by atoms with Crippen molar-refractivity contribution in [3.63, 3.8) is 0 Å². The van der Waals surface area contributed by atoms with Crippen molar-refractivity contribution >= 4 is 56.4 Å². The minimum absolute atomic E-state index is 0.0703. The van der Waals surface area contributed by atoms with Gasteiger partial charge in [0, 0.05) is 41.2 Å². The quantitative estimate of drug-likeness (QED) is 0.104. The first-order chi connectivity index (χ1) is 23.7. The lowest BCUT2D eigenvalue weighted by atomic mass is 10.0. The van der Waals surface area contributed by atoms with Gasteiger partial charge >= 0.3 is 0 Å². The number of ether oxygens (including phenoxy) is 1. The first-order valence-corrected chi connectivity index (χ1v) is 17.9. The molecule has 4 rings (SSSR count). The van der Waals surface area contributed by atoms with Crippen molar-refractivity contribution in [3.05, 3.63) is 128 Å². The Morgan fingerprint density at radius 1 is 0.920 bits per heavy atom. The third kappa shape index (κ3) is 9.52. The fourth-order valence-electron chi connectivity index (χ4n) is 5.21. The van der Waals surface area contributed by atoms with Gasteiger partial charge in [-0.1, -0.05) is 85.6 Å². The number of nitrogens with one attached hydrogen (secondary N) is 1. The van der Waals surface area contributed by atoms with Gasteiger partial charge in [0.1, 0.15) is 18.3 Å². The zero-order valence-electron chi connectivity index (χ0n) is 28.0. The highest BCUT2D eigenvalue weighted by Crippen LogP contribution is 2.36. The molecule has 4 aromatic rings. The van der Waals surface area contributed by atoms with Crippen LogP contribution in [-0.2, 0) is 32.6 Å². The molecular formula is C36H38Cl2N4O7S. The minimum atomic E-state index is -4.68. The number of methoxy groups -OCH3 is 1. The second kappa shape index (κ2) is 16.8. The van der Waals surface area contributed by atoms with Crippen LogP contribution < -0.4 is 14.4 Å². The number of nitro groups is 1. The van der Waals surface area contributed by atoms with E-state index in [2.05, 4.69) is 5.32 Å². The summed E-state index contributed by atoms with van der Waals surface area (Å²) < 4.78 is 35.2. The maximum absolute atomic E-state index is 14.7. The number of sulfonamides is 1. The fourth-order valence-corrected chi connectivity index (χ4v) is 6.94. The molecule has 264 valence electrons. The summed E-state index contributed by atoms with van der Waals surface area (Å²) in [5, 5.41) is 15.3. The predicted molar refractivity (Wildman–Crippen MR) is 194 cm³/mol. The van der Waals surface area contributed by atoms with Crippen molar-refractivity contribution in [1.29, 1.82) is 0 Å². The monoisotopic (exact) mass is 740 g/mol. The number of nitro benzene ring substituents is 1. The van der Waals surface area contributed by atoms with Gasteiger partial charge < -0.3 is 15.0 Å². The standard InChI is InChI=1S/C36H38Cl2N4O7S/c1-24(2)21-39-36(44)33(18-26-8-6-5-7-9-26)40(22-27-11-13-28(37)14-12-27)35(43)23-41(32-19-29(38)15-17-34(32)49-4)50(47,48)30-16-10-25(3)31(20-30)42(45)46/h5-17,19-20,24,33H,18,21-23H2,1-4H3,(H,39,44)/t33-/m1/s1. The zero-order chi connectivity index (χ0) is 36.6. The van der Waals surface area contributed by atoms with Gasteiger partial charge in [0.05, 0.1) is 22.6 Å². The summed E-state index contributed by atoms with van der Waals surface area (Å²) in [5.41, 5.74) is 1.18. The lowest BCUT2D eigenvalue weighted by Gasteiger charge is -2.34. The number of hydrogen-bond donors (Lipinski definition) is 1. The largest absolute Gasteiger partial charge is 0.495 e. The van der Waals surface area contributed by atoms with Crippen LogP contribution in [0, 0.1) is 23.0 Å². The number of carbonyl (C=O) groups is 2. The number of amides is 2. The lowest BCUT2D eigenvalue weighted by Crippen LogP contribution is -2.53. The van der Waals surface area contributed by atoms with Gasteiger partial charge in [-0.3, -0.25) is 24.0 Å². The topological polar surface area (TPSA) is 139 Å². The summed E-state index contributed by atoms with van der Waals surface area (Å²) in [6.07, 6.45) is 0.126. The molecule has 14 heteroatoms. The molecule has 0 aromatic heterocycles. The van der Waals surface area contributed by atoms with Crippen molar-refractivity contribution in [2.24, 2.45) is 5.92 Å². The van der Waals surface area contributed by atoms with E-state index in [1.54, 1.807) is 24.3 Å². The number of benzene rings is 4. The first-order valence-electron chi connectivity index (χ1n) is 15.7. The molecule has 0 heterocycles. The molecule has 50 heavy (non-hydrogen) atoms. The van der Waals surface area contributed by atoms with Gasteiger partial charge in [-0.2, -0.15) is 0 Å². The highest BCUT2D eigenvalue weighted by Gasteiger charge is 2.36. The molecule has 0 saturated carbocycles. The van der Waals surface area contributed by atoms with Crippen LogP contribution in [0.25, 0.3) is 0 Å². The smallest absolute Gasteiger partial charge is 0.273 e. The van der Waals surface area contributed by atoms with Gasteiger partial charge in [-0.25, -0.2) is 8.42 Å². The Bertz CT molecular complexity index is 1940. The number of halogens is 2. The fraction of sp³-hybridized carbons (Fsp3) is 0.278. The molecule has 0 saturated heterocycles. The van der Waals surface area contributed by atoms with Crippen molar-refractivity contribution < 1.29 is 27.7 Å². The Labute approximate surface area is 302 Å². The Morgan fingerprint density at radius 2 is 1.58 bits per heavy atom. The third-order valence-electron chi connectivity index (χ3n) is 7.88. The van der Waals surface area contributed by atoms with Crippen molar-refractivity contribution in [1.82, 2.24) is 10.2 Å². The molecule has 0 aliphatic rings. The van der Waals surface area contributed by atoms with Crippen LogP contribution in [0.5, 0.6) is 5.75 Å². The van der Waals surface area contributed by atoms with Crippen LogP contribution in [0.4, 0.5) is 11.4 Å². The lowest BCUT2D eigenvalue weighted by molar-refractivity contribution is -0.385. The highest BCUT2D eigenvalue weighted by atomic mass is 35.5. The number of rotatable bonds is 15. The highest BCUT2D eigenvalue weighted by molar-refractivity contribution is 7.92. The summed E-state index contributed by atoms with van der Waals surface area (Å²) in [6.45, 7) is 4.84. The molecule has 0 radical (unpaired) electrons. The van der Waals surface area contributed by atoms with E-state index in [1.165, 1.54) is 49.3 Å². The molecule has 0 fully saturated rings. The summed E-state index contributed by atoms with van der Waals surface area (Å²) in [5.74, 6) is -0.958. The van der Waals surface area contributed by atoms with E-state index in [4.69, 9.17) is 27.9 Å². The molecule has 11 nitrogen and oxygen atoms in total. The molecule has 0 aliphatic heterocycles. The molecule has 1 atom stereocenters. The SMILES string of the molecule is COc1ccc(Cl)cc1N(CC(=O)N(Cc1ccc(Cl)cc1)[C@H](Cc1ccccc1)C(=O)NCC(C)C)S(=O)(=O)c1ccc(C)c([N+](=O)[O-])c1. The van der Waals surface area contributed by atoms with Crippen LogP contribution in [-0.4, -0.2) is 56.3 Å². The number of hydrogen-bond acceptors (Lipinski definition) is 7. The molecule has 4 aromatic carbocycles. The third-order valence-corrected chi connectivity index (χ3v) is 10.1. The van der Waals surface area contributed by atoms with E-state index in [0.29, 0.717) is 17.1 Å². The van der Waals surface area contributed by atoms with Crippen LogP contribution >= 0.6 is 23.2 Å². The minimum Gasteiger partial charge on any atom is -0.495 e. The zero-order valence-corrected chi connectivity index (χ0v) is 30.3. The van der Waals surface area contributed by atoms with Gasteiger partial charge in [0.15, 0.2) is 0 Å². The summed E-state index contributed by atoms with van der Waals surface area (Å²) in [6, 6.07) is 22.6. The van der Waals surface area contributed by atoms with E-state index in [-0.39, 0.29) is 40.9 Å². The number of nitrogens with zero attached hydrogens (tertiary/aromatic N) is 3. The molecule has 1 N–H and O–H groups in total. The average Bonchev–Trinajstić information content (AvgIpc) is 3.08. The summed E-state index contributed by atoms with van der Waals surface area (Å²) >= 11 is 12.5. The van der Waals surface area contributed by atoms with Crippen LogP contribution in [0.2, 0.25) is 10.0 Å². The molecular weight excluding hydrogens is 703 g/mol. The number of anilines is 1. The van der Waals surface area contributed by atoms with E-state index in [1.807, 2.05) is 44.2 Å². The predicted octanol–water partition coefficient (Wildman–Crippen LogP) is 6.83. The maximum Gasteiger partial charge on any atom is 0.273 e. The Morgan fingerprint density at radius 3 is 2.20 bits per heavy atom. The van der Waals surface area contributed by atoms with Gasteiger partial charge in [-0.05, 0) is 60.4 Å². The van der Waals surface area contributed by atoms with Crippen LogP contribution in [0.3, 0.4) is 0 Å². The Balaban J connectivity index is 1.88. The van der Waals surface area contributed by atoms with Crippen molar-refractivity contribution in [3.8, 4) is 5.75 Å². The molecule has 0 spiro atoms. The van der Waals surface area contributed by atoms with E-state index >= 15 is 0 Å². The molecule has 0 aliphatic carbocycles. The van der Waals surface area contributed by atoms with Gasteiger partial charge in [-0.15, -0.1) is 0 Å². The average molecular weight is 742 g/mol. The maximum atomic E-state index is 14.7. The second-order valence-corrected chi connectivity index (χ2v) is 14.8.